The molecular formula is C19H24N6OS. The standard InChI is InChI=1S/C19H24N6OS/c1-2-4-15-12-22-25-18(24-27(26)16-5-3-8-21-13-16)11-17(23-19(15)25)14-6-9-20-10-7-14/h3,5,8,11-14,20,24H,2,4,6-7,9-10H2,1H3. The van der Waals surface area contributed by atoms with Crippen molar-refractivity contribution in [2.75, 3.05) is 17.8 Å². The molecule has 4 rings (SSSR count). The van der Waals surface area contributed by atoms with E-state index in [4.69, 9.17) is 4.98 Å². The molecule has 1 atom stereocenters. The van der Waals surface area contributed by atoms with Crippen molar-refractivity contribution in [2.45, 2.75) is 43.4 Å². The maximum atomic E-state index is 12.8. The van der Waals surface area contributed by atoms with E-state index in [1.54, 1.807) is 29.0 Å². The molecule has 142 valence electrons. The molecule has 1 aliphatic heterocycles. The molecule has 1 aliphatic rings. The molecule has 0 saturated carbocycles. The van der Waals surface area contributed by atoms with Crippen molar-refractivity contribution in [3.8, 4) is 0 Å². The Balaban J connectivity index is 1.74. The molecule has 0 radical (unpaired) electrons. The van der Waals surface area contributed by atoms with Crippen molar-refractivity contribution in [3.05, 3.63) is 48.0 Å². The summed E-state index contributed by atoms with van der Waals surface area (Å²) in [6.45, 7) is 4.16. The Morgan fingerprint density at radius 1 is 1.33 bits per heavy atom. The van der Waals surface area contributed by atoms with Crippen LogP contribution in [-0.4, -0.2) is 36.9 Å². The van der Waals surface area contributed by atoms with E-state index in [0.29, 0.717) is 16.6 Å². The quantitative estimate of drug-likeness (QED) is 0.683. The van der Waals surface area contributed by atoms with Gasteiger partial charge in [-0.1, -0.05) is 13.3 Å². The second kappa shape index (κ2) is 8.14. The third kappa shape index (κ3) is 3.86. The molecule has 1 saturated heterocycles. The summed E-state index contributed by atoms with van der Waals surface area (Å²) in [7, 11) is -1.41. The number of hydrogen-bond donors (Lipinski definition) is 2. The average Bonchev–Trinajstić information content (AvgIpc) is 3.13. The second-order valence-electron chi connectivity index (χ2n) is 6.81. The predicted octanol–water partition coefficient (Wildman–Crippen LogP) is 2.68. The molecule has 0 spiro atoms. The lowest BCUT2D eigenvalue weighted by atomic mass is 9.94. The summed E-state index contributed by atoms with van der Waals surface area (Å²) in [6.07, 6.45) is 9.24. The minimum absolute atomic E-state index is 0.410. The molecule has 0 aromatic carbocycles. The summed E-state index contributed by atoms with van der Waals surface area (Å²) in [5.41, 5.74) is 3.04. The Kier molecular flexibility index (Phi) is 5.45. The van der Waals surface area contributed by atoms with E-state index in [-0.39, 0.29) is 0 Å². The molecule has 0 bridgehead atoms. The molecular weight excluding hydrogens is 360 g/mol. The zero-order valence-corrected chi connectivity index (χ0v) is 16.2. The van der Waals surface area contributed by atoms with Gasteiger partial charge in [-0.15, -0.1) is 0 Å². The zero-order chi connectivity index (χ0) is 18.6. The summed E-state index contributed by atoms with van der Waals surface area (Å²) in [5, 5.41) is 7.90. The molecule has 1 fully saturated rings. The van der Waals surface area contributed by atoms with Gasteiger partial charge in [-0.2, -0.15) is 9.61 Å². The lowest BCUT2D eigenvalue weighted by Crippen LogP contribution is -2.27. The number of fused-ring (bicyclic) bond motifs is 1. The van der Waals surface area contributed by atoms with Crippen LogP contribution in [0.5, 0.6) is 0 Å². The first-order valence-corrected chi connectivity index (χ1v) is 10.6. The molecule has 3 aromatic heterocycles. The van der Waals surface area contributed by atoms with Gasteiger partial charge < -0.3 is 5.32 Å². The molecule has 2 N–H and O–H groups in total. The van der Waals surface area contributed by atoms with Crippen molar-refractivity contribution >= 4 is 22.5 Å². The van der Waals surface area contributed by atoms with Gasteiger partial charge in [0.25, 0.3) is 0 Å². The van der Waals surface area contributed by atoms with Gasteiger partial charge >= 0.3 is 0 Å². The summed E-state index contributed by atoms with van der Waals surface area (Å²) in [4.78, 5) is 9.63. The molecule has 1 unspecified atom stereocenters. The van der Waals surface area contributed by atoms with E-state index in [1.807, 2.05) is 12.3 Å². The fourth-order valence-electron chi connectivity index (χ4n) is 3.48. The van der Waals surface area contributed by atoms with Crippen molar-refractivity contribution in [1.29, 1.82) is 0 Å². The fourth-order valence-corrected chi connectivity index (χ4v) is 4.29. The number of anilines is 1. The van der Waals surface area contributed by atoms with Crippen LogP contribution in [0.2, 0.25) is 0 Å². The normalized spacial score (nSPS) is 16.5. The summed E-state index contributed by atoms with van der Waals surface area (Å²) in [5.74, 6) is 1.12. The Morgan fingerprint density at radius 3 is 2.93 bits per heavy atom. The van der Waals surface area contributed by atoms with E-state index in [0.717, 1.165) is 55.7 Å². The highest BCUT2D eigenvalue weighted by Gasteiger charge is 2.20. The van der Waals surface area contributed by atoms with Crippen molar-refractivity contribution in [3.63, 3.8) is 0 Å². The highest BCUT2D eigenvalue weighted by Crippen LogP contribution is 2.28. The van der Waals surface area contributed by atoms with E-state index in [2.05, 4.69) is 27.0 Å². The number of rotatable bonds is 6. The maximum absolute atomic E-state index is 12.8. The second-order valence-corrected chi connectivity index (χ2v) is 8.02. The Bertz CT molecular complexity index is 936. The van der Waals surface area contributed by atoms with Crippen LogP contribution in [0.3, 0.4) is 0 Å². The fraction of sp³-hybridized carbons (Fsp3) is 0.421. The molecule has 27 heavy (non-hydrogen) atoms. The smallest absolute Gasteiger partial charge is 0.160 e. The largest absolute Gasteiger partial charge is 0.317 e. The molecule has 7 nitrogen and oxygen atoms in total. The number of aryl methyl sites for hydroxylation is 1. The van der Waals surface area contributed by atoms with Crippen LogP contribution in [0, 0.1) is 0 Å². The van der Waals surface area contributed by atoms with Gasteiger partial charge in [0.15, 0.2) is 16.6 Å². The summed E-state index contributed by atoms with van der Waals surface area (Å²) in [6, 6.07) is 5.58. The van der Waals surface area contributed by atoms with Crippen LogP contribution in [-0.2, 0) is 17.4 Å². The SMILES string of the molecule is CCCc1cnn2c(NS(=O)c3cccnc3)cc(C3CCNCC3)nc12. The van der Waals surface area contributed by atoms with Gasteiger partial charge in [0, 0.05) is 35.6 Å². The summed E-state index contributed by atoms with van der Waals surface area (Å²) >= 11 is 0. The Hall–Kier alpha value is -2.32. The minimum Gasteiger partial charge on any atom is -0.317 e. The van der Waals surface area contributed by atoms with Gasteiger partial charge in [0.05, 0.1) is 11.1 Å². The Morgan fingerprint density at radius 2 is 2.19 bits per heavy atom. The van der Waals surface area contributed by atoms with Gasteiger partial charge in [0.1, 0.15) is 5.82 Å². The van der Waals surface area contributed by atoms with E-state index < -0.39 is 11.0 Å². The highest BCUT2D eigenvalue weighted by molar-refractivity contribution is 7.86. The van der Waals surface area contributed by atoms with Crippen LogP contribution < -0.4 is 10.0 Å². The first-order valence-electron chi connectivity index (χ1n) is 9.43. The minimum atomic E-state index is -1.41. The van der Waals surface area contributed by atoms with E-state index in [9.17, 15) is 4.21 Å². The van der Waals surface area contributed by atoms with Gasteiger partial charge in [-0.25, -0.2) is 9.19 Å². The predicted molar refractivity (Wildman–Crippen MR) is 106 cm³/mol. The number of piperidine rings is 1. The van der Waals surface area contributed by atoms with E-state index in [1.165, 1.54) is 0 Å². The third-order valence-corrected chi connectivity index (χ3v) is 5.95. The Labute approximate surface area is 161 Å². The first-order chi connectivity index (χ1) is 13.3. The van der Waals surface area contributed by atoms with Gasteiger partial charge in [-0.05, 0) is 44.5 Å². The molecule has 0 amide bonds. The number of nitrogens with zero attached hydrogens (tertiary/aromatic N) is 4. The first kappa shape index (κ1) is 18.1. The molecule has 8 heteroatoms. The number of nitrogens with one attached hydrogen (secondary N) is 2. The maximum Gasteiger partial charge on any atom is 0.160 e. The zero-order valence-electron chi connectivity index (χ0n) is 15.4. The van der Waals surface area contributed by atoms with Crippen LogP contribution >= 0.6 is 0 Å². The molecule has 4 heterocycles. The van der Waals surface area contributed by atoms with Crippen LogP contribution in [0.4, 0.5) is 5.82 Å². The van der Waals surface area contributed by atoms with Crippen molar-refractivity contribution in [2.24, 2.45) is 0 Å². The average molecular weight is 385 g/mol. The third-order valence-electron chi connectivity index (χ3n) is 4.89. The number of hydrogen-bond acceptors (Lipinski definition) is 5. The van der Waals surface area contributed by atoms with Crippen molar-refractivity contribution in [1.82, 2.24) is 24.9 Å². The number of aromatic nitrogens is 4. The van der Waals surface area contributed by atoms with Crippen LogP contribution in [0.25, 0.3) is 5.65 Å². The van der Waals surface area contributed by atoms with Crippen LogP contribution in [0.15, 0.2) is 41.7 Å². The lowest BCUT2D eigenvalue weighted by molar-refractivity contribution is 0.453. The van der Waals surface area contributed by atoms with Crippen molar-refractivity contribution < 1.29 is 4.21 Å². The lowest BCUT2D eigenvalue weighted by Gasteiger charge is -2.23. The van der Waals surface area contributed by atoms with Gasteiger partial charge in [0.2, 0.25) is 0 Å². The topological polar surface area (TPSA) is 84.2 Å². The monoisotopic (exact) mass is 384 g/mol. The molecule has 0 aliphatic carbocycles. The summed E-state index contributed by atoms with van der Waals surface area (Å²) < 4.78 is 17.6. The highest BCUT2D eigenvalue weighted by atomic mass is 32.2. The molecule has 3 aromatic rings. The number of pyridine rings is 1. The van der Waals surface area contributed by atoms with E-state index >= 15 is 0 Å². The van der Waals surface area contributed by atoms with Gasteiger partial charge in [-0.3, -0.25) is 9.71 Å². The van der Waals surface area contributed by atoms with Crippen LogP contribution in [0.1, 0.15) is 43.4 Å².